The molecule has 1 aromatic heterocycles. The van der Waals surface area contributed by atoms with E-state index in [-0.39, 0.29) is 6.10 Å². The smallest absolute Gasteiger partial charge is 0.0541 e. The third kappa shape index (κ3) is 4.35. The molecule has 0 aliphatic carbocycles. The van der Waals surface area contributed by atoms with Crippen molar-refractivity contribution in [2.75, 3.05) is 6.54 Å². The van der Waals surface area contributed by atoms with Crippen LogP contribution in [0.25, 0.3) is 0 Å². The molecule has 0 aliphatic rings. The number of hydrogen-bond donors (Lipinski definition) is 2. The van der Waals surface area contributed by atoms with Gasteiger partial charge in [0.25, 0.3) is 0 Å². The summed E-state index contributed by atoms with van der Waals surface area (Å²) in [6, 6.07) is 4.07. The van der Waals surface area contributed by atoms with Crippen LogP contribution in [-0.2, 0) is 6.54 Å². The van der Waals surface area contributed by atoms with E-state index in [1.165, 1.54) is 5.56 Å². The summed E-state index contributed by atoms with van der Waals surface area (Å²) in [6.07, 6.45) is 2.42. The highest BCUT2D eigenvalue weighted by atomic mass is 16.3. The zero-order valence-corrected chi connectivity index (χ0v) is 8.83. The molecular formula is C11H18N2O. The van der Waals surface area contributed by atoms with Gasteiger partial charge in [-0.05, 0) is 38.4 Å². The van der Waals surface area contributed by atoms with Gasteiger partial charge in [-0.1, -0.05) is 6.07 Å². The maximum absolute atomic E-state index is 9.03. The highest BCUT2D eigenvalue weighted by Gasteiger charge is 1.96. The second-order valence-corrected chi connectivity index (χ2v) is 3.64. The van der Waals surface area contributed by atoms with Gasteiger partial charge in [-0.3, -0.25) is 4.98 Å². The number of pyridine rings is 1. The van der Waals surface area contributed by atoms with E-state index in [1.54, 1.807) is 6.92 Å². The van der Waals surface area contributed by atoms with Crippen molar-refractivity contribution < 1.29 is 5.11 Å². The fourth-order valence-corrected chi connectivity index (χ4v) is 1.13. The lowest BCUT2D eigenvalue weighted by atomic mass is 10.2. The van der Waals surface area contributed by atoms with Gasteiger partial charge in [0.2, 0.25) is 0 Å². The molecule has 14 heavy (non-hydrogen) atoms. The normalized spacial score (nSPS) is 12.8. The third-order valence-corrected chi connectivity index (χ3v) is 2.02. The van der Waals surface area contributed by atoms with Gasteiger partial charge in [0, 0.05) is 12.7 Å². The average molecular weight is 194 g/mol. The zero-order valence-electron chi connectivity index (χ0n) is 8.83. The Labute approximate surface area is 85.2 Å². The second-order valence-electron chi connectivity index (χ2n) is 3.64. The van der Waals surface area contributed by atoms with Gasteiger partial charge >= 0.3 is 0 Å². The topological polar surface area (TPSA) is 45.1 Å². The Balaban J connectivity index is 2.21. The minimum atomic E-state index is -0.228. The first-order valence-electron chi connectivity index (χ1n) is 4.99. The van der Waals surface area contributed by atoms with E-state index < -0.39 is 0 Å². The molecule has 3 heteroatoms. The molecule has 0 spiro atoms. The summed E-state index contributed by atoms with van der Waals surface area (Å²) in [4.78, 5) is 4.27. The number of nitrogens with one attached hydrogen (secondary N) is 1. The molecule has 0 aliphatic heterocycles. The molecule has 1 aromatic rings. The molecule has 0 bridgehead atoms. The standard InChI is InChI=1S/C11H18N2O/c1-9-3-4-11(13-7-9)8-12-6-5-10(2)14/h3-4,7,10,12,14H,5-6,8H2,1-2H3. The van der Waals surface area contributed by atoms with Crippen LogP contribution in [0.5, 0.6) is 0 Å². The number of rotatable bonds is 5. The predicted octanol–water partition coefficient (Wildman–Crippen LogP) is 1.25. The van der Waals surface area contributed by atoms with Crippen LogP contribution in [0, 0.1) is 6.92 Å². The molecule has 0 saturated carbocycles. The molecule has 0 saturated heterocycles. The van der Waals surface area contributed by atoms with E-state index in [1.807, 2.05) is 19.2 Å². The first-order valence-corrected chi connectivity index (χ1v) is 4.99. The van der Waals surface area contributed by atoms with Crippen molar-refractivity contribution >= 4 is 0 Å². The average Bonchev–Trinajstić information content (AvgIpc) is 2.15. The molecule has 0 amide bonds. The Morgan fingerprint density at radius 2 is 2.29 bits per heavy atom. The summed E-state index contributed by atoms with van der Waals surface area (Å²) in [5.74, 6) is 0. The number of hydrogen-bond acceptors (Lipinski definition) is 3. The maximum atomic E-state index is 9.03. The van der Waals surface area contributed by atoms with Crippen LogP contribution >= 0.6 is 0 Å². The summed E-state index contributed by atoms with van der Waals surface area (Å²) < 4.78 is 0. The van der Waals surface area contributed by atoms with Crippen molar-refractivity contribution in [1.82, 2.24) is 10.3 Å². The summed E-state index contributed by atoms with van der Waals surface area (Å²) in [5, 5.41) is 12.3. The van der Waals surface area contributed by atoms with Crippen LogP contribution in [0.2, 0.25) is 0 Å². The molecule has 0 fully saturated rings. The fourth-order valence-electron chi connectivity index (χ4n) is 1.13. The molecule has 1 unspecified atom stereocenters. The van der Waals surface area contributed by atoms with Crippen LogP contribution in [0.1, 0.15) is 24.6 Å². The molecule has 0 aromatic carbocycles. The molecule has 78 valence electrons. The van der Waals surface area contributed by atoms with Crippen LogP contribution < -0.4 is 5.32 Å². The van der Waals surface area contributed by atoms with E-state index in [2.05, 4.69) is 16.4 Å². The quantitative estimate of drug-likeness (QED) is 0.693. The SMILES string of the molecule is Cc1ccc(CNCCC(C)O)nc1. The summed E-state index contributed by atoms with van der Waals surface area (Å²) >= 11 is 0. The van der Waals surface area contributed by atoms with Crippen LogP contribution in [0.4, 0.5) is 0 Å². The maximum Gasteiger partial charge on any atom is 0.0541 e. The Morgan fingerprint density at radius 3 is 2.86 bits per heavy atom. The largest absolute Gasteiger partial charge is 0.393 e. The van der Waals surface area contributed by atoms with Gasteiger partial charge in [0.1, 0.15) is 0 Å². The minimum Gasteiger partial charge on any atom is -0.393 e. The summed E-state index contributed by atoms with van der Waals surface area (Å²) in [5.41, 5.74) is 2.22. The second kappa shape index (κ2) is 5.73. The Morgan fingerprint density at radius 1 is 1.50 bits per heavy atom. The number of nitrogens with zero attached hydrogens (tertiary/aromatic N) is 1. The van der Waals surface area contributed by atoms with Gasteiger partial charge in [0.05, 0.1) is 11.8 Å². The van der Waals surface area contributed by atoms with Gasteiger partial charge in [-0.25, -0.2) is 0 Å². The Hall–Kier alpha value is -0.930. The minimum absolute atomic E-state index is 0.228. The Kier molecular flexibility index (Phi) is 4.56. The Bertz CT molecular complexity index is 256. The first-order chi connectivity index (χ1) is 6.68. The lowest BCUT2D eigenvalue weighted by Gasteiger charge is -2.05. The molecule has 1 atom stereocenters. The molecule has 3 nitrogen and oxygen atoms in total. The summed E-state index contributed by atoms with van der Waals surface area (Å²) in [7, 11) is 0. The molecule has 2 N–H and O–H groups in total. The highest BCUT2D eigenvalue weighted by Crippen LogP contribution is 1.97. The van der Waals surface area contributed by atoms with Crippen molar-refractivity contribution in [2.24, 2.45) is 0 Å². The molecule has 1 rings (SSSR count). The third-order valence-electron chi connectivity index (χ3n) is 2.02. The monoisotopic (exact) mass is 194 g/mol. The van der Waals surface area contributed by atoms with Crippen LogP contribution in [0.15, 0.2) is 18.3 Å². The first kappa shape index (κ1) is 11.1. The summed E-state index contributed by atoms with van der Waals surface area (Å²) in [6.45, 7) is 5.42. The van der Waals surface area contributed by atoms with Crippen molar-refractivity contribution in [1.29, 1.82) is 0 Å². The van der Waals surface area contributed by atoms with Crippen LogP contribution in [-0.4, -0.2) is 22.7 Å². The lowest BCUT2D eigenvalue weighted by Crippen LogP contribution is -2.19. The highest BCUT2D eigenvalue weighted by molar-refractivity contribution is 5.11. The van der Waals surface area contributed by atoms with E-state index in [0.717, 1.165) is 25.2 Å². The van der Waals surface area contributed by atoms with Gasteiger partial charge in [-0.15, -0.1) is 0 Å². The molecule has 1 heterocycles. The van der Waals surface area contributed by atoms with E-state index >= 15 is 0 Å². The van der Waals surface area contributed by atoms with Gasteiger partial charge in [0.15, 0.2) is 0 Å². The fraction of sp³-hybridized carbons (Fsp3) is 0.545. The van der Waals surface area contributed by atoms with E-state index in [9.17, 15) is 0 Å². The van der Waals surface area contributed by atoms with Gasteiger partial charge < -0.3 is 10.4 Å². The van der Waals surface area contributed by atoms with Crippen molar-refractivity contribution in [3.05, 3.63) is 29.6 Å². The van der Waals surface area contributed by atoms with Crippen LogP contribution in [0.3, 0.4) is 0 Å². The number of aliphatic hydroxyl groups is 1. The van der Waals surface area contributed by atoms with Crippen molar-refractivity contribution in [3.63, 3.8) is 0 Å². The number of aliphatic hydroxyl groups excluding tert-OH is 1. The van der Waals surface area contributed by atoms with E-state index in [0.29, 0.717) is 0 Å². The van der Waals surface area contributed by atoms with Crippen molar-refractivity contribution in [3.8, 4) is 0 Å². The zero-order chi connectivity index (χ0) is 10.4. The van der Waals surface area contributed by atoms with Crippen molar-refractivity contribution in [2.45, 2.75) is 32.9 Å². The molecule has 0 radical (unpaired) electrons. The predicted molar refractivity (Wildman–Crippen MR) is 57.0 cm³/mol. The van der Waals surface area contributed by atoms with Gasteiger partial charge in [-0.2, -0.15) is 0 Å². The molecular weight excluding hydrogens is 176 g/mol. The number of aromatic nitrogens is 1. The number of aryl methyl sites for hydroxylation is 1. The van der Waals surface area contributed by atoms with E-state index in [4.69, 9.17) is 5.11 Å². The lowest BCUT2D eigenvalue weighted by molar-refractivity contribution is 0.183.